The first kappa shape index (κ1) is 13.5. The Labute approximate surface area is 132 Å². The van der Waals surface area contributed by atoms with Gasteiger partial charge in [0.1, 0.15) is 4.47 Å². The summed E-state index contributed by atoms with van der Waals surface area (Å²) in [6, 6.07) is 11.4. The van der Waals surface area contributed by atoms with E-state index >= 15 is 0 Å². The molecule has 20 heavy (non-hydrogen) atoms. The summed E-state index contributed by atoms with van der Waals surface area (Å²) in [5, 5.41) is 2.44. The van der Waals surface area contributed by atoms with Gasteiger partial charge in [-0.1, -0.05) is 41.9 Å². The van der Waals surface area contributed by atoms with Crippen molar-refractivity contribution in [1.29, 1.82) is 0 Å². The van der Waals surface area contributed by atoms with E-state index in [1.54, 1.807) is 11.4 Å². The van der Waals surface area contributed by atoms with E-state index in [0.29, 0.717) is 21.0 Å². The highest BCUT2D eigenvalue weighted by molar-refractivity contribution is 9.10. The van der Waals surface area contributed by atoms with E-state index in [2.05, 4.69) is 25.9 Å². The minimum atomic E-state index is -0.210. The second-order valence-electron chi connectivity index (χ2n) is 4.07. The quantitative estimate of drug-likeness (QED) is 0.720. The molecule has 100 valence electrons. The normalized spacial score (nSPS) is 10.7. The van der Waals surface area contributed by atoms with Crippen LogP contribution in [0.15, 0.2) is 51.0 Å². The van der Waals surface area contributed by atoms with Crippen molar-refractivity contribution in [3.63, 3.8) is 0 Å². The molecule has 0 aliphatic heterocycles. The fraction of sp³-hybridized carbons (Fsp3) is 0. The van der Waals surface area contributed by atoms with Crippen molar-refractivity contribution in [2.45, 2.75) is 0 Å². The van der Waals surface area contributed by atoms with Gasteiger partial charge in [-0.3, -0.25) is 4.79 Å². The maximum Gasteiger partial charge on any atom is 0.266 e. The molecule has 3 rings (SSSR count). The van der Waals surface area contributed by atoms with Crippen molar-refractivity contribution in [2.75, 3.05) is 0 Å². The van der Waals surface area contributed by atoms with Crippen molar-refractivity contribution in [3.05, 3.63) is 61.6 Å². The Hall–Kier alpha value is -1.43. The smallest absolute Gasteiger partial charge is 0.266 e. The van der Waals surface area contributed by atoms with E-state index in [-0.39, 0.29) is 5.56 Å². The van der Waals surface area contributed by atoms with Crippen LogP contribution in [0.1, 0.15) is 0 Å². The van der Waals surface area contributed by atoms with Crippen LogP contribution in [-0.2, 0) is 0 Å². The Balaban J connectivity index is 2.21. The summed E-state index contributed by atoms with van der Waals surface area (Å²) >= 11 is 10.7. The van der Waals surface area contributed by atoms with Gasteiger partial charge in [0.2, 0.25) is 0 Å². The highest BCUT2D eigenvalue weighted by atomic mass is 79.9. The van der Waals surface area contributed by atoms with Crippen molar-refractivity contribution in [2.24, 2.45) is 0 Å². The average molecular weight is 368 g/mol. The lowest BCUT2D eigenvalue weighted by Crippen LogP contribution is -2.11. The molecule has 0 amide bonds. The highest BCUT2D eigenvalue weighted by Gasteiger charge is 2.13. The van der Waals surface area contributed by atoms with Gasteiger partial charge in [0.15, 0.2) is 5.82 Å². The number of H-pyrrole nitrogens is 1. The summed E-state index contributed by atoms with van der Waals surface area (Å²) in [6.07, 6.45) is 0. The molecule has 0 spiro atoms. The van der Waals surface area contributed by atoms with Gasteiger partial charge in [0, 0.05) is 10.9 Å². The van der Waals surface area contributed by atoms with Crippen molar-refractivity contribution in [3.8, 4) is 22.0 Å². The first-order chi connectivity index (χ1) is 9.65. The predicted octanol–water partition coefficient (Wildman–Crippen LogP) is 4.58. The number of thiophene rings is 1. The molecule has 1 N–H and O–H groups in total. The molecular formula is C14H8BrClN2OS. The van der Waals surface area contributed by atoms with Crippen LogP contribution >= 0.6 is 38.9 Å². The standard InChI is InChI=1S/C14H8BrClN2OS/c15-11-12(8-4-2-1-3-5-8)17-13(18-14(11)19)10-6-9(16)7-20-10/h1-7H,(H,17,18,19). The van der Waals surface area contributed by atoms with Crippen LogP contribution in [0.3, 0.4) is 0 Å². The second kappa shape index (κ2) is 5.52. The molecule has 0 fully saturated rings. The topological polar surface area (TPSA) is 45.8 Å². The van der Waals surface area contributed by atoms with Gasteiger partial charge in [0.25, 0.3) is 5.56 Å². The molecule has 0 aliphatic carbocycles. The summed E-state index contributed by atoms with van der Waals surface area (Å²) in [7, 11) is 0. The van der Waals surface area contributed by atoms with Gasteiger partial charge >= 0.3 is 0 Å². The number of rotatable bonds is 2. The second-order valence-corrected chi connectivity index (χ2v) is 6.21. The Kier molecular flexibility index (Phi) is 3.74. The first-order valence-corrected chi connectivity index (χ1v) is 7.80. The number of hydrogen-bond acceptors (Lipinski definition) is 3. The minimum absolute atomic E-state index is 0.210. The van der Waals surface area contributed by atoms with Crippen LogP contribution in [0, 0.1) is 0 Å². The van der Waals surface area contributed by atoms with Crippen molar-refractivity contribution in [1.82, 2.24) is 9.97 Å². The summed E-state index contributed by atoms with van der Waals surface area (Å²) in [6.45, 7) is 0. The molecule has 6 heteroatoms. The lowest BCUT2D eigenvalue weighted by Gasteiger charge is -2.05. The zero-order valence-electron chi connectivity index (χ0n) is 10.1. The molecule has 2 aromatic heterocycles. The van der Waals surface area contributed by atoms with Crippen LogP contribution in [-0.4, -0.2) is 9.97 Å². The van der Waals surface area contributed by atoms with E-state index in [1.165, 1.54) is 11.3 Å². The van der Waals surface area contributed by atoms with Gasteiger partial charge in [0.05, 0.1) is 15.6 Å². The van der Waals surface area contributed by atoms with E-state index in [9.17, 15) is 4.79 Å². The van der Waals surface area contributed by atoms with Gasteiger partial charge < -0.3 is 4.98 Å². The molecular weight excluding hydrogens is 360 g/mol. The van der Waals surface area contributed by atoms with Crippen LogP contribution in [0.4, 0.5) is 0 Å². The summed E-state index contributed by atoms with van der Waals surface area (Å²) in [5.41, 5.74) is 1.29. The molecule has 1 aromatic carbocycles. The Morgan fingerprint density at radius 2 is 2.00 bits per heavy atom. The van der Waals surface area contributed by atoms with Crippen LogP contribution in [0.25, 0.3) is 22.0 Å². The SMILES string of the molecule is O=c1[nH]c(-c2cc(Cl)cs2)nc(-c2ccccc2)c1Br. The molecule has 0 saturated carbocycles. The average Bonchev–Trinajstić information content (AvgIpc) is 2.89. The van der Waals surface area contributed by atoms with Crippen molar-refractivity contribution < 1.29 is 0 Å². The fourth-order valence-corrected chi connectivity index (χ4v) is 3.24. The lowest BCUT2D eigenvalue weighted by molar-refractivity contribution is 1.12. The van der Waals surface area contributed by atoms with Crippen LogP contribution in [0.2, 0.25) is 5.02 Å². The van der Waals surface area contributed by atoms with E-state index in [4.69, 9.17) is 11.6 Å². The maximum absolute atomic E-state index is 12.0. The van der Waals surface area contributed by atoms with Gasteiger partial charge in [-0.25, -0.2) is 4.98 Å². The third-order valence-corrected chi connectivity index (χ3v) is 4.73. The molecule has 0 atom stereocenters. The van der Waals surface area contributed by atoms with Crippen molar-refractivity contribution >= 4 is 38.9 Å². The molecule has 0 saturated heterocycles. The number of aromatic nitrogens is 2. The summed E-state index contributed by atoms with van der Waals surface area (Å²) in [4.78, 5) is 20.2. The fourth-order valence-electron chi connectivity index (χ4n) is 1.80. The maximum atomic E-state index is 12.0. The third kappa shape index (κ3) is 2.57. The van der Waals surface area contributed by atoms with Crippen LogP contribution < -0.4 is 5.56 Å². The third-order valence-electron chi connectivity index (χ3n) is 2.71. The van der Waals surface area contributed by atoms with Gasteiger partial charge in [-0.15, -0.1) is 11.3 Å². The first-order valence-electron chi connectivity index (χ1n) is 5.75. The number of halogens is 2. The van der Waals surface area contributed by atoms with Gasteiger partial charge in [-0.05, 0) is 22.0 Å². The predicted molar refractivity (Wildman–Crippen MR) is 86.3 cm³/mol. The summed E-state index contributed by atoms with van der Waals surface area (Å²) < 4.78 is 0.426. The highest BCUT2D eigenvalue weighted by Crippen LogP contribution is 2.30. The molecule has 3 aromatic rings. The number of hydrogen-bond donors (Lipinski definition) is 1. The lowest BCUT2D eigenvalue weighted by atomic mass is 10.1. The molecule has 0 aliphatic rings. The monoisotopic (exact) mass is 366 g/mol. The number of aromatic amines is 1. The minimum Gasteiger partial charge on any atom is -0.305 e. The number of nitrogens with one attached hydrogen (secondary N) is 1. The Morgan fingerprint density at radius 1 is 1.25 bits per heavy atom. The summed E-state index contributed by atoms with van der Waals surface area (Å²) in [5.74, 6) is 0.522. The largest absolute Gasteiger partial charge is 0.305 e. The Bertz CT molecular complexity index is 814. The molecule has 0 bridgehead atoms. The van der Waals surface area contributed by atoms with E-state index in [0.717, 1.165) is 10.4 Å². The molecule has 3 nitrogen and oxygen atoms in total. The van der Waals surface area contributed by atoms with E-state index in [1.807, 2.05) is 30.3 Å². The van der Waals surface area contributed by atoms with Crippen LogP contribution in [0.5, 0.6) is 0 Å². The molecule has 0 unspecified atom stereocenters. The number of nitrogens with zero attached hydrogens (tertiary/aromatic N) is 1. The van der Waals surface area contributed by atoms with E-state index < -0.39 is 0 Å². The molecule has 0 radical (unpaired) electrons. The van der Waals surface area contributed by atoms with Gasteiger partial charge in [-0.2, -0.15) is 0 Å². The zero-order valence-corrected chi connectivity index (χ0v) is 13.2. The zero-order chi connectivity index (χ0) is 14.1. The Morgan fingerprint density at radius 3 is 2.65 bits per heavy atom. The molecule has 2 heterocycles. The number of benzene rings is 1.